The fourth-order valence-corrected chi connectivity index (χ4v) is 4.25. The van der Waals surface area contributed by atoms with Gasteiger partial charge < -0.3 is 10.4 Å². The second-order valence-electron chi connectivity index (χ2n) is 4.25. The van der Waals surface area contributed by atoms with E-state index in [-0.39, 0.29) is 24.0 Å². The normalized spacial score (nSPS) is 41.9. The molecule has 2 rings (SSSR count). The van der Waals surface area contributed by atoms with Crippen LogP contribution >= 0.6 is 11.8 Å². The average molecular weight is 215 g/mol. The van der Waals surface area contributed by atoms with Crippen LogP contribution in [0.3, 0.4) is 0 Å². The van der Waals surface area contributed by atoms with E-state index < -0.39 is 0 Å². The summed E-state index contributed by atoms with van der Waals surface area (Å²) in [6.45, 7) is 1.55. The third-order valence-corrected chi connectivity index (χ3v) is 4.72. The minimum Gasteiger partial charge on any atom is -0.392 e. The molecule has 1 saturated heterocycles. The lowest BCUT2D eigenvalue weighted by atomic mass is 9.81. The molecule has 4 heteroatoms. The van der Waals surface area contributed by atoms with Crippen molar-refractivity contribution in [1.82, 2.24) is 5.32 Å². The summed E-state index contributed by atoms with van der Waals surface area (Å²) >= 11 is 1.86. The van der Waals surface area contributed by atoms with E-state index >= 15 is 0 Å². The Kier molecular flexibility index (Phi) is 3.02. The summed E-state index contributed by atoms with van der Waals surface area (Å²) in [4.78, 5) is 11.0. The number of carbonyl (C=O) groups is 1. The second-order valence-corrected chi connectivity index (χ2v) is 5.53. The summed E-state index contributed by atoms with van der Waals surface area (Å²) < 4.78 is 0. The molecule has 1 aliphatic heterocycles. The number of nitrogens with one attached hydrogen (secondary N) is 1. The van der Waals surface area contributed by atoms with Crippen molar-refractivity contribution in [2.75, 3.05) is 5.75 Å². The quantitative estimate of drug-likeness (QED) is 0.679. The first-order valence-electron chi connectivity index (χ1n) is 5.25. The van der Waals surface area contributed by atoms with Crippen LogP contribution in [0.5, 0.6) is 0 Å². The fraction of sp³-hybridized carbons (Fsp3) is 0.900. The van der Waals surface area contributed by atoms with Crippen molar-refractivity contribution in [1.29, 1.82) is 0 Å². The molecule has 0 aromatic carbocycles. The van der Waals surface area contributed by atoms with Gasteiger partial charge in [-0.2, -0.15) is 11.8 Å². The first-order valence-corrected chi connectivity index (χ1v) is 6.30. The highest BCUT2D eigenvalue weighted by Crippen LogP contribution is 2.42. The topological polar surface area (TPSA) is 49.3 Å². The fourth-order valence-electron chi connectivity index (χ4n) is 2.66. The number of thioether (sulfide) groups is 1. The van der Waals surface area contributed by atoms with Crippen LogP contribution in [-0.4, -0.2) is 34.2 Å². The first kappa shape index (κ1) is 10.3. The number of fused-ring (bicyclic) bond motifs is 1. The maximum absolute atomic E-state index is 11.0. The highest BCUT2D eigenvalue weighted by Gasteiger charge is 2.43. The van der Waals surface area contributed by atoms with E-state index in [0.29, 0.717) is 5.25 Å². The van der Waals surface area contributed by atoms with Crippen molar-refractivity contribution >= 4 is 17.7 Å². The van der Waals surface area contributed by atoms with E-state index in [1.165, 1.54) is 12.8 Å². The molecule has 2 aliphatic rings. The highest BCUT2D eigenvalue weighted by molar-refractivity contribution is 8.00. The van der Waals surface area contributed by atoms with Crippen LogP contribution in [0.1, 0.15) is 26.2 Å². The average Bonchev–Trinajstić information content (AvgIpc) is 2.48. The number of carbonyl (C=O) groups excluding carboxylic acids is 1. The van der Waals surface area contributed by atoms with Crippen LogP contribution in [-0.2, 0) is 4.79 Å². The maximum atomic E-state index is 11.0. The molecule has 1 saturated carbocycles. The molecule has 1 amide bonds. The van der Waals surface area contributed by atoms with Gasteiger partial charge in [-0.15, -0.1) is 0 Å². The van der Waals surface area contributed by atoms with E-state index in [4.69, 9.17) is 0 Å². The van der Waals surface area contributed by atoms with Crippen molar-refractivity contribution in [3.05, 3.63) is 0 Å². The summed E-state index contributed by atoms with van der Waals surface area (Å²) in [6.07, 6.45) is 3.18. The van der Waals surface area contributed by atoms with Gasteiger partial charge in [0.1, 0.15) is 0 Å². The minimum absolute atomic E-state index is 0.0275. The van der Waals surface area contributed by atoms with E-state index in [2.05, 4.69) is 5.32 Å². The van der Waals surface area contributed by atoms with Crippen molar-refractivity contribution in [3.8, 4) is 0 Å². The first-order chi connectivity index (χ1) is 6.68. The standard InChI is InChI=1S/C10H17NO2S/c1-6(12)11-7-3-2-4-9-10(7)8(13)5-14-9/h7-10,13H,2-5H2,1H3,(H,11,12)/t7-,8-,9+,10+/m0/s1. The molecule has 0 aromatic heterocycles. The lowest BCUT2D eigenvalue weighted by Gasteiger charge is -2.34. The molecule has 0 spiro atoms. The van der Waals surface area contributed by atoms with Gasteiger partial charge in [0.2, 0.25) is 5.91 Å². The van der Waals surface area contributed by atoms with Gasteiger partial charge in [0, 0.05) is 29.9 Å². The Balaban J connectivity index is 2.04. The van der Waals surface area contributed by atoms with Crippen LogP contribution < -0.4 is 5.32 Å². The van der Waals surface area contributed by atoms with E-state index in [0.717, 1.165) is 12.2 Å². The van der Waals surface area contributed by atoms with Crippen LogP contribution in [0, 0.1) is 5.92 Å². The van der Waals surface area contributed by atoms with Crippen LogP contribution in [0.15, 0.2) is 0 Å². The van der Waals surface area contributed by atoms with Gasteiger partial charge >= 0.3 is 0 Å². The molecule has 3 nitrogen and oxygen atoms in total. The van der Waals surface area contributed by atoms with Crippen LogP contribution in [0.25, 0.3) is 0 Å². The Morgan fingerprint density at radius 2 is 2.29 bits per heavy atom. The Labute approximate surface area is 88.6 Å². The molecule has 4 atom stereocenters. The molecule has 0 aromatic rings. The van der Waals surface area contributed by atoms with Gasteiger partial charge in [-0.3, -0.25) is 4.79 Å². The summed E-state index contributed by atoms with van der Waals surface area (Å²) in [7, 11) is 0. The van der Waals surface area contributed by atoms with Gasteiger partial charge in [-0.1, -0.05) is 6.42 Å². The Morgan fingerprint density at radius 1 is 1.50 bits per heavy atom. The molecule has 1 heterocycles. The van der Waals surface area contributed by atoms with Crippen LogP contribution in [0.4, 0.5) is 0 Å². The monoisotopic (exact) mass is 215 g/mol. The summed E-state index contributed by atoms with van der Waals surface area (Å²) in [6, 6.07) is 0.205. The SMILES string of the molecule is CC(=O)N[C@H]1CCC[C@H]2SC[C@H](O)[C@@H]12. The summed E-state index contributed by atoms with van der Waals surface area (Å²) in [5, 5.41) is 13.4. The van der Waals surface area contributed by atoms with Crippen molar-refractivity contribution in [2.45, 2.75) is 43.6 Å². The molecular weight excluding hydrogens is 198 g/mol. The zero-order valence-electron chi connectivity index (χ0n) is 8.40. The van der Waals surface area contributed by atoms with Crippen molar-refractivity contribution in [3.63, 3.8) is 0 Å². The molecular formula is C10H17NO2S. The maximum Gasteiger partial charge on any atom is 0.217 e. The van der Waals surface area contributed by atoms with Gasteiger partial charge in [-0.25, -0.2) is 0 Å². The predicted molar refractivity (Wildman–Crippen MR) is 57.2 cm³/mol. The Hall–Kier alpha value is -0.220. The van der Waals surface area contributed by atoms with Gasteiger partial charge in [0.15, 0.2) is 0 Å². The zero-order chi connectivity index (χ0) is 10.1. The second kappa shape index (κ2) is 4.11. The van der Waals surface area contributed by atoms with Crippen molar-refractivity contribution in [2.24, 2.45) is 5.92 Å². The van der Waals surface area contributed by atoms with Crippen molar-refractivity contribution < 1.29 is 9.90 Å². The largest absolute Gasteiger partial charge is 0.392 e. The number of aliphatic hydroxyl groups is 1. The molecule has 2 N–H and O–H groups in total. The number of rotatable bonds is 1. The lowest BCUT2D eigenvalue weighted by Crippen LogP contribution is -2.48. The minimum atomic E-state index is -0.220. The molecule has 0 radical (unpaired) electrons. The zero-order valence-corrected chi connectivity index (χ0v) is 9.22. The van der Waals surface area contributed by atoms with Gasteiger partial charge in [0.05, 0.1) is 6.10 Å². The predicted octanol–water partition coefficient (Wildman–Crippen LogP) is 0.767. The summed E-state index contributed by atoms with van der Waals surface area (Å²) in [5.74, 6) is 1.16. The third-order valence-electron chi connectivity index (χ3n) is 3.21. The number of aliphatic hydroxyl groups excluding tert-OH is 1. The molecule has 80 valence electrons. The van der Waals surface area contributed by atoms with E-state index in [1.807, 2.05) is 11.8 Å². The van der Waals surface area contributed by atoms with Gasteiger partial charge in [-0.05, 0) is 12.8 Å². The van der Waals surface area contributed by atoms with E-state index in [9.17, 15) is 9.90 Å². The highest BCUT2D eigenvalue weighted by atomic mass is 32.2. The molecule has 2 fully saturated rings. The number of hydrogen-bond donors (Lipinski definition) is 2. The third kappa shape index (κ3) is 1.91. The Morgan fingerprint density at radius 3 is 3.00 bits per heavy atom. The molecule has 0 bridgehead atoms. The number of amides is 1. The van der Waals surface area contributed by atoms with E-state index in [1.54, 1.807) is 6.92 Å². The smallest absolute Gasteiger partial charge is 0.217 e. The Bertz CT molecular complexity index is 232. The summed E-state index contributed by atoms with van der Waals surface area (Å²) in [5.41, 5.74) is 0. The lowest BCUT2D eigenvalue weighted by molar-refractivity contribution is -0.120. The molecule has 1 aliphatic carbocycles. The number of hydrogen-bond acceptors (Lipinski definition) is 3. The van der Waals surface area contributed by atoms with Crippen LogP contribution in [0.2, 0.25) is 0 Å². The van der Waals surface area contributed by atoms with Gasteiger partial charge in [0.25, 0.3) is 0 Å². The molecule has 14 heavy (non-hydrogen) atoms. The molecule has 0 unspecified atom stereocenters.